The van der Waals surface area contributed by atoms with Gasteiger partial charge in [-0.1, -0.05) is 22.5 Å². The normalized spacial score (nSPS) is 19.2. The van der Waals surface area contributed by atoms with E-state index in [0.717, 1.165) is 16.5 Å². The summed E-state index contributed by atoms with van der Waals surface area (Å²) in [6, 6.07) is 7.54. The second kappa shape index (κ2) is 5.74. The van der Waals surface area contributed by atoms with Crippen molar-refractivity contribution < 1.29 is 9.57 Å². The molecule has 0 bridgehead atoms. The maximum Gasteiger partial charge on any atom is 0.234 e. The highest BCUT2D eigenvalue weighted by atomic mass is 16.7. The van der Waals surface area contributed by atoms with Gasteiger partial charge in [-0.25, -0.2) is 11.4 Å². The second-order valence-electron chi connectivity index (χ2n) is 3.75. The fraction of sp³-hybridized carbons (Fsp3) is 0.400. The summed E-state index contributed by atoms with van der Waals surface area (Å²) >= 11 is 0. The Bertz CT molecular complexity index is 409. The number of benzene rings is 1. The summed E-state index contributed by atoms with van der Waals surface area (Å²) in [5, 5.41) is 10.2. The number of hydrazine groups is 2. The number of hydrogen-bond donors (Lipinski definition) is 2. The van der Waals surface area contributed by atoms with Gasteiger partial charge in [-0.15, -0.1) is 5.11 Å². The van der Waals surface area contributed by atoms with Crippen LogP contribution < -0.4 is 16.1 Å². The third-order valence-corrected chi connectivity index (χ3v) is 2.48. The van der Waals surface area contributed by atoms with E-state index in [1.807, 2.05) is 24.3 Å². The molecule has 1 aromatic carbocycles. The zero-order valence-corrected chi connectivity index (χ0v) is 10.3. The highest BCUT2D eigenvalue weighted by molar-refractivity contribution is 5.26. The molecule has 0 radical (unpaired) electrons. The van der Waals surface area contributed by atoms with Crippen molar-refractivity contribution in [3.05, 3.63) is 29.8 Å². The molecule has 1 aliphatic heterocycles. The van der Waals surface area contributed by atoms with Crippen molar-refractivity contribution in [1.82, 2.24) is 15.7 Å². The monoisotopic (exact) mass is 252 g/mol. The quantitative estimate of drug-likeness (QED) is 0.582. The first-order valence-electron chi connectivity index (χ1n) is 5.39. The molecule has 8 nitrogen and oxygen atoms in total. The zero-order valence-electron chi connectivity index (χ0n) is 10.3. The van der Waals surface area contributed by atoms with E-state index in [1.165, 1.54) is 0 Å². The van der Waals surface area contributed by atoms with E-state index in [2.05, 4.69) is 15.9 Å². The van der Waals surface area contributed by atoms with Crippen molar-refractivity contribution >= 4 is 0 Å². The van der Waals surface area contributed by atoms with Gasteiger partial charge in [-0.05, 0) is 17.7 Å². The molecule has 0 amide bonds. The van der Waals surface area contributed by atoms with Crippen molar-refractivity contribution in [2.24, 2.45) is 16.2 Å². The Hall–Kier alpha value is -1.74. The molecule has 1 unspecified atom stereocenters. The highest BCUT2D eigenvalue weighted by Gasteiger charge is 2.24. The molecule has 0 aromatic heterocycles. The Balaban J connectivity index is 1.85. The van der Waals surface area contributed by atoms with Crippen LogP contribution in [0.25, 0.3) is 0 Å². The predicted octanol–water partition coefficient (Wildman–Crippen LogP) is 0.403. The topological polar surface area (TPSA) is 87.7 Å². The number of nitrogens with one attached hydrogen (secondary N) is 1. The number of rotatable bonds is 5. The summed E-state index contributed by atoms with van der Waals surface area (Å²) in [5.74, 6) is 6.53. The molecule has 2 rings (SSSR count). The first-order chi connectivity index (χ1) is 8.70. The van der Waals surface area contributed by atoms with Crippen LogP contribution in [0.3, 0.4) is 0 Å². The fourth-order valence-corrected chi connectivity index (χ4v) is 1.44. The minimum Gasteiger partial charge on any atom is -0.497 e. The van der Waals surface area contributed by atoms with Crippen molar-refractivity contribution in [2.45, 2.75) is 12.9 Å². The summed E-state index contributed by atoms with van der Waals surface area (Å²) in [6.45, 7) is 0.348. The van der Waals surface area contributed by atoms with Crippen LogP contribution in [-0.4, -0.2) is 30.6 Å². The van der Waals surface area contributed by atoms with Crippen LogP contribution in [0.15, 0.2) is 34.6 Å². The van der Waals surface area contributed by atoms with Crippen LogP contribution in [0, 0.1) is 0 Å². The molecule has 3 N–H and O–H groups in total. The maximum atomic E-state index is 5.72. The van der Waals surface area contributed by atoms with Gasteiger partial charge in [0.25, 0.3) is 0 Å². The van der Waals surface area contributed by atoms with Crippen molar-refractivity contribution in [2.75, 3.05) is 14.2 Å². The van der Waals surface area contributed by atoms with Crippen LogP contribution in [0.1, 0.15) is 5.56 Å². The van der Waals surface area contributed by atoms with E-state index in [0.29, 0.717) is 6.61 Å². The van der Waals surface area contributed by atoms with Crippen molar-refractivity contribution in [3.63, 3.8) is 0 Å². The lowest BCUT2D eigenvalue weighted by molar-refractivity contribution is -0.226. The predicted molar refractivity (Wildman–Crippen MR) is 63.4 cm³/mol. The molecule has 18 heavy (non-hydrogen) atoms. The Morgan fingerprint density at radius 2 is 2.17 bits per heavy atom. The van der Waals surface area contributed by atoms with E-state index < -0.39 is 6.29 Å². The van der Waals surface area contributed by atoms with Crippen molar-refractivity contribution in [1.29, 1.82) is 0 Å². The van der Waals surface area contributed by atoms with E-state index in [1.54, 1.807) is 19.2 Å². The van der Waals surface area contributed by atoms with Crippen LogP contribution in [0.2, 0.25) is 0 Å². The number of ether oxygens (including phenoxy) is 1. The third-order valence-electron chi connectivity index (χ3n) is 2.48. The first-order valence-corrected chi connectivity index (χ1v) is 5.39. The number of hydroxylamine groups is 1. The molecule has 0 saturated heterocycles. The average molecular weight is 252 g/mol. The molecule has 1 heterocycles. The molecule has 8 heteroatoms. The molecule has 98 valence electrons. The van der Waals surface area contributed by atoms with E-state index in [4.69, 9.17) is 15.4 Å². The molecular formula is C10H16N6O2. The third kappa shape index (κ3) is 2.93. The Kier molecular flexibility index (Phi) is 4.05. The van der Waals surface area contributed by atoms with Gasteiger partial charge in [-0.3, -0.25) is 4.84 Å². The molecule has 0 spiro atoms. The minimum atomic E-state index is -0.469. The van der Waals surface area contributed by atoms with Gasteiger partial charge in [0.05, 0.1) is 13.7 Å². The van der Waals surface area contributed by atoms with Gasteiger partial charge in [0.1, 0.15) is 5.75 Å². The smallest absolute Gasteiger partial charge is 0.234 e. The number of methoxy groups -OCH3 is 1. The number of nitrogens with zero attached hydrogens (tertiary/aromatic N) is 4. The van der Waals surface area contributed by atoms with Crippen LogP contribution in [0.4, 0.5) is 0 Å². The second-order valence-corrected chi connectivity index (χ2v) is 3.75. The summed E-state index contributed by atoms with van der Waals surface area (Å²) in [7, 11) is 3.39. The zero-order chi connectivity index (χ0) is 13.0. The van der Waals surface area contributed by atoms with E-state index in [-0.39, 0.29) is 0 Å². The van der Waals surface area contributed by atoms with Crippen LogP contribution in [-0.2, 0) is 11.4 Å². The lowest BCUT2D eigenvalue weighted by atomic mass is 10.2. The van der Waals surface area contributed by atoms with Crippen molar-refractivity contribution in [3.8, 4) is 5.75 Å². The molecule has 1 aromatic rings. The van der Waals surface area contributed by atoms with Gasteiger partial charge < -0.3 is 4.74 Å². The number of hydrogen-bond acceptors (Lipinski definition) is 8. The lowest BCUT2D eigenvalue weighted by Crippen LogP contribution is -2.49. The van der Waals surface area contributed by atoms with Crippen LogP contribution in [0.5, 0.6) is 5.75 Å². The Labute approximate surface area is 105 Å². The molecule has 1 aliphatic rings. The maximum absolute atomic E-state index is 5.72. The number of nitrogens with two attached hydrogens (primary N) is 1. The van der Waals surface area contributed by atoms with E-state index >= 15 is 0 Å². The van der Waals surface area contributed by atoms with E-state index in [9.17, 15) is 0 Å². The molecule has 0 aliphatic carbocycles. The fourth-order valence-electron chi connectivity index (χ4n) is 1.44. The summed E-state index contributed by atoms with van der Waals surface area (Å²) in [6.07, 6.45) is -0.469. The largest absolute Gasteiger partial charge is 0.497 e. The standard InChI is InChI=1S/C10H16N6O2/c1-15-10(12-13-14-15)16(11)18-7-8-3-5-9(17-2)6-4-8/h3-6,10H,7,11H2,1-2H3,(H,12,14). The SMILES string of the molecule is COc1ccc(CON(N)C2N=NNN2C)cc1. The summed E-state index contributed by atoms with van der Waals surface area (Å²) < 4.78 is 5.07. The lowest BCUT2D eigenvalue weighted by Gasteiger charge is -2.23. The van der Waals surface area contributed by atoms with Gasteiger partial charge in [0, 0.05) is 7.05 Å². The minimum absolute atomic E-state index is 0.348. The summed E-state index contributed by atoms with van der Waals surface area (Å²) in [5.41, 5.74) is 3.62. The molecule has 0 saturated carbocycles. The molecule has 0 fully saturated rings. The van der Waals surface area contributed by atoms with Crippen LogP contribution >= 0.6 is 0 Å². The molecule has 1 atom stereocenters. The van der Waals surface area contributed by atoms with Gasteiger partial charge in [0.15, 0.2) is 0 Å². The first kappa shape index (κ1) is 12.7. The van der Waals surface area contributed by atoms with Gasteiger partial charge >= 0.3 is 0 Å². The highest BCUT2D eigenvalue weighted by Crippen LogP contribution is 2.13. The average Bonchev–Trinajstić information content (AvgIpc) is 2.83. The Morgan fingerprint density at radius 1 is 1.44 bits per heavy atom. The summed E-state index contributed by atoms with van der Waals surface area (Å²) in [4.78, 5) is 5.39. The molecular weight excluding hydrogens is 236 g/mol. The van der Waals surface area contributed by atoms with Gasteiger partial charge in [0.2, 0.25) is 6.29 Å². The van der Waals surface area contributed by atoms with Gasteiger partial charge in [-0.2, -0.15) is 5.01 Å². The Morgan fingerprint density at radius 3 is 2.72 bits per heavy atom.